The highest BCUT2D eigenvalue weighted by molar-refractivity contribution is 5.90. The van der Waals surface area contributed by atoms with Gasteiger partial charge >= 0.3 is 12.2 Å². The number of nitrogens with zero attached hydrogens (tertiary/aromatic N) is 6. The first-order valence-corrected chi connectivity index (χ1v) is 8.15. The second kappa shape index (κ2) is 8.08. The van der Waals surface area contributed by atoms with Crippen LogP contribution in [0.3, 0.4) is 0 Å². The molecule has 2 amide bonds. The summed E-state index contributed by atoms with van der Waals surface area (Å²) < 4.78 is 44.5. The van der Waals surface area contributed by atoms with Crippen molar-refractivity contribution >= 4 is 11.7 Å². The molecular formula is C16H15F3N8O2. The summed E-state index contributed by atoms with van der Waals surface area (Å²) in [4.78, 5) is 27.8. The molecule has 13 heteroatoms. The lowest BCUT2D eigenvalue weighted by molar-refractivity contribution is -0.141. The molecule has 0 aromatic carbocycles. The van der Waals surface area contributed by atoms with Crippen molar-refractivity contribution in [2.75, 3.05) is 12.4 Å². The molecule has 0 saturated carbocycles. The molecule has 3 heterocycles. The van der Waals surface area contributed by atoms with Crippen molar-refractivity contribution in [1.29, 1.82) is 0 Å². The largest absolute Gasteiger partial charge is 0.494 e. The van der Waals surface area contributed by atoms with Gasteiger partial charge in [0.15, 0.2) is 5.82 Å². The van der Waals surface area contributed by atoms with Gasteiger partial charge in [-0.05, 0) is 13.0 Å². The van der Waals surface area contributed by atoms with Crippen LogP contribution in [0.25, 0.3) is 5.95 Å². The maximum atomic E-state index is 12.8. The van der Waals surface area contributed by atoms with E-state index in [0.717, 1.165) is 6.20 Å². The van der Waals surface area contributed by atoms with Crippen LogP contribution in [0.15, 0.2) is 37.1 Å². The van der Waals surface area contributed by atoms with Crippen LogP contribution in [-0.2, 0) is 6.18 Å². The van der Waals surface area contributed by atoms with Gasteiger partial charge < -0.3 is 15.4 Å². The number of carbonyl (C=O) groups is 1. The predicted octanol–water partition coefficient (Wildman–Crippen LogP) is 2.36. The zero-order chi connectivity index (χ0) is 21.0. The smallest absolute Gasteiger partial charge is 0.433 e. The van der Waals surface area contributed by atoms with Crippen molar-refractivity contribution in [2.24, 2.45) is 0 Å². The summed E-state index contributed by atoms with van der Waals surface area (Å²) in [5.41, 5.74) is -1.16. The molecular weight excluding hydrogens is 393 g/mol. The fraction of sp³-hybridized carbons (Fsp3) is 0.250. The molecule has 29 heavy (non-hydrogen) atoms. The van der Waals surface area contributed by atoms with Gasteiger partial charge in [0.25, 0.3) is 5.95 Å². The lowest BCUT2D eigenvalue weighted by atomic mass is 10.3. The van der Waals surface area contributed by atoms with Crippen molar-refractivity contribution < 1.29 is 22.7 Å². The average Bonchev–Trinajstić information content (AvgIpc) is 3.18. The third-order valence-electron chi connectivity index (χ3n) is 3.68. The molecule has 0 fully saturated rings. The molecule has 3 aromatic heterocycles. The molecule has 3 aromatic rings. The summed E-state index contributed by atoms with van der Waals surface area (Å²) in [6.45, 7) is 1.64. The minimum absolute atomic E-state index is 0.0296. The number of halogens is 3. The first kappa shape index (κ1) is 20.0. The second-order valence-corrected chi connectivity index (χ2v) is 5.67. The number of pyridine rings is 1. The van der Waals surface area contributed by atoms with Gasteiger partial charge in [0.1, 0.15) is 23.5 Å². The minimum atomic E-state index is -4.63. The Kier molecular flexibility index (Phi) is 5.57. The summed E-state index contributed by atoms with van der Waals surface area (Å²) in [6, 6.07) is 0.999. The number of aromatic nitrogens is 6. The third kappa shape index (κ3) is 4.56. The van der Waals surface area contributed by atoms with E-state index in [-0.39, 0.29) is 17.4 Å². The number of alkyl halides is 3. The van der Waals surface area contributed by atoms with Gasteiger partial charge in [0.2, 0.25) is 0 Å². The molecule has 2 N–H and O–H groups in total. The van der Waals surface area contributed by atoms with Gasteiger partial charge in [0, 0.05) is 18.5 Å². The molecule has 0 aliphatic carbocycles. The van der Waals surface area contributed by atoms with Crippen LogP contribution in [0.1, 0.15) is 24.5 Å². The van der Waals surface area contributed by atoms with E-state index in [0.29, 0.717) is 11.9 Å². The van der Waals surface area contributed by atoms with E-state index in [1.165, 1.54) is 30.5 Å². The normalized spacial score (nSPS) is 12.3. The molecule has 0 radical (unpaired) electrons. The van der Waals surface area contributed by atoms with Crippen molar-refractivity contribution in [3.8, 4) is 11.7 Å². The zero-order valence-corrected chi connectivity index (χ0v) is 15.2. The van der Waals surface area contributed by atoms with Crippen LogP contribution in [0.5, 0.6) is 5.75 Å². The monoisotopic (exact) mass is 408 g/mol. The van der Waals surface area contributed by atoms with Crippen molar-refractivity contribution in [3.05, 3.63) is 48.6 Å². The number of nitrogens with one attached hydrogen (secondary N) is 2. The van der Waals surface area contributed by atoms with Crippen molar-refractivity contribution in [3.63, 3.8) is 0 Å². The Bertz CT molecular complexity index is 993. The Morgan fingerprint density at radius 3 is 2.59 bits per heavy atom. The summed E-state index contributed by atoms with van der Waals surface area (Å²) >= 11 is 0. The Labute approximate surface area is 162 Å². The van der Waals surface area contributed by atoms with Gasteiger partial charge in [-0.2, -0.15) is 23.0 Å². The SMILES string of the molecule is COc1cc(C(F)(F)F)ncc1NC(=O)NC(C)c1ncnn1-c1ncccn1. The Hall–Kier alpha value is -3.77. The Morgan fingerprint density at radius 1 is 1.21 bits per heavy atom. The van der Waals surface area contributed by atoms with E-state index >= 15 is 0 Å². The van der Waals surface area contributed by atoms with E-state index in [4.69, 9.17) is 4.74 Å². The number of methoxy groups -OCH3 is 1. The standard InChI is InChI=1S/C16H15F3N8O2/c1-9(13-23-8-24-27(13)14-20-4-3-5-21-14)25-15(28)26-10-7-22-12(16(17,18)19)6-11(10)29-2/h3-9H,1-2H3,(H2,25,26,28). The van der Waals surface area contributed by atoms with Crippen LogP contribution in [0.2, 0.25) is 0 Å². The van der Waals surface area contributed by atoms with E-state index in [1.807, 2.05) is 0 Å². The van der Waals surface area contributed by atoms with Crippen molar-refractivity contribution in [1.82, 2.24) is 35.0 Å². The Morgan fingerprint density at radius 2 is 1.93 bits per heavy atom. The third-order valence-corrected chi connectivity index (χ3v) is 3.68. The van der Waals surface area contributed by atoms with Crippen LogP contribution < -0.4 is 15.4 Å². The van der Waals surface area contributed by atoms with Gasteiger partial charge in [-0.15, -0.1) is 0 Å². The number of carbonyl (C=O) groups excluding carboxylic acids is 1. The maximum Gasteiger partial charge on any atom is 0.433 e. The topological polar surface area (TPSA) is 120 Å². The van der Waals surface area contributed by atoms with Crippen LogP contribution in [0, 0.1) is 0 Å². The fourth-order valence-corrected chi connectivity index (χ4v) is 2.37. The number of ether oxygens (including phenoxy) is 1. The van der Waals surface area contributed by atoms with Gasteiger partial charge in [-0.25, -0.2) is 24.7 Å². The van der Waals surface area contributed by atoms with Crippen LogP contribution in [0.4, 0.5) is 23.7 Å². The van der Waals surface area contributed by atoms with E-state index < -0.39 is 23.9 Å². The van der Waals surface area contributed by atoms with E-state index in [2.05, 4.69) is 35.7 Å². The summed E-state index contributed by atoms with van der Waals surface area (Å²) in [6.07, 6.45) is 0.577. The molecule has 3 rings (SSSR count). The first-order chi connectivity index (χ1) is 13.8. The van der Waals surface area contributed by atoms with Gasteiger partial charge in [0.05, 0.1) is 19.3 Å². The fourth-order valence-electron chi connectivity index (χ4n) is 2.37. The Balaban J connectivity index is 1.73. The quantitative estimate of drug-likeness (QED) is 0.665. The molecule has 0 spiro atoms. The molecule has 152 valence electrons. The highest BCUT2D eigenvalue weighted by atomic mass is 19.4. The summed E-state index contributed by atoms with van der Waals surface area (Å²) in [7, 11) is 1.18. The molecule has 0 saturated heterocycles. The number of hydrogen-bond donors (Lipinski definition) is 2. The maximum absolute atomic E-state index is 12.8. The highest BCUT2D eigenvalue weighted by Gasteiger charge is 2.33. The number of amides is 2. The molecule has 0 bridgehead atoms. The number of hydrogen-bond acceptors (Lipinski definition) is 7. The lowest BCUT2D eigenvalue weighted by Gasteiger charge is -2.16. The number of urea groups is 1. The molecule has 1 atom stereocenters. The second-order valence-electron chi connectivity index (χ2n) is 5.67. The molecule has 0 aliphatic heterocycles. The van der Waals surface area contributed by atoms with E-state index in [9.17, 15) is 18.0 Å². The summed E-state index contributed by atoms with van der Waals surface area (Å²) in [5.74, 6) is 0.433. The molecule has 10 nitrogen and oxygen atoms in total. The number of rotatable bonds is 5. The minimum Gasteiger partial charge on any atom is -0.494 e. The predicted molar refractivity (Wildman–Crippen MR) is 93.3 cm³/mol. The lowest BCUT2D eigenvalue weighted by Crippen LogP contribution is -2.33. The van der Waals surface area contributed by atoms with Crippen molar-refractivity contribution in [2.45, 2.75) is 19.1 Å². The summed E-state index contributed by atoms with van der Waals surface area (Å²) in [5, 5.41) is 9.03. The van der Waals surface area contributed by atoms with Gasteiger partial charge in [-0.3, -0.25) is 0 Å². The van der Waals surface area contributed by atoms with Crippen LogP contribution in [-0.4, -0.2) is 42.9 Å². The van der Waals surface area contributed by atoms with Gasteiger partial charge in [-0.1, -0.05) is 0 Å². The zero-order valence-electron chi connectivity index (χ0n) is 15.2. The average molecular weight is 408 g/mol. The van der Waals surface area contributed by atoms with E-state index in [1.54, 1.807) is 13.0 Å². The molecule has 1 unspecified atom stereocenters. The molecule has 0 aliphatic rings. The highest BCUT2D eigenvalue weighted by Crippen LogP contribution is 2.33. The van der Waals surface area contributed by atoms with Crippen LogP contribution >= 0.6 is 0 Å². The first-order valence-electron chi connectivity index (χ1n) is 8.15. The number of anilines is 1.